The topological polar surface area (TPSA) is 29.1 Å². The minimum absolute atomic E-state index is 0.133. The average molecular weight is 379 g/mol. The fourth-order valence-electron chi connectivity index (χ4n) is 1.23. The summed E-state index contributed by atoms with van der Waals surface area (Å²) in [7, 11) is 0. The molecule has 0 radical (unpaired) electrons. The standard InChI is InChI=1S/C10H5Br2NOS2/c11-6-1-5(2-7(12)4-6)3-8-9(14)13-10(15)16-8/h1-4H,(H,13,14,15). The Morgan fingerprint density at radius 2 is 1.88 bits per heavy atom. The van der Waals surface area contributed by atoms with E-state index in [9.17, 15) is 4.79 Å². The Morgan fingerprint density at radius 3 is 2.38 bits per heavy atom. The molecular formula is C10H5Br2NOS2. The molecule has 6 heteroatoms. The van der Waals surface area contributed by atoms with Gasteiger partial charge in [-0.15, -0.1) is 0 Å². The molecule has 82 valence electrons. The van der Waals surface area contributed by atoms with Gasteiger partial charge < -0.3 is 5.32 Å². The zero-order valence-corrected chi connectivity index (χ0v) is 12.6. The number of rotatable bonds is 1. The van der Waals surface area contributed by atoms with E-state index < -0.39 is 0 Å². The summed E-state index contributed by atoms with van der Waals surface area (Å²) in [6.07, 6.45) is 1.81. The highest BCUT2D eigenvalue weighted by Gasteiger charge is 2.21. The van der Waals surface area contributed by atoms with Crippen LogP contribution >= 0.6 is 55.8 Å². The Morgan fingerprint density at radius 1 is 1.25 bits per heavy atom. The third kappa shape index (κ3) is 2.94. The van der Waals surface area contributed by atoms with Crippen LogP contribution in [0.2, 0.25) is 0 Å². The van der Waals surface area contributed by atoms with Gasteiger partial charge in [-0.2, -0.15) is 0 Å². The maximum atomic E-state index is 11.4. The highest BCUT2D eigenvalue weighted by Crippen LogP contribution is 2.28. The third-order valence-electron chi connectivity index (χ3n) is 1.82. The largest absolute Gasteiger partial charge is 0.307 e. The van der Waals surface area contributed by atoms with Crippen molar-refractivity contribution in [3.05, 3.63) is 37.6 Å². The maximum Gasteiger partial charge on any atom is 0.263 e. The predicted octanol–water partition coefficient (Wildman–Crippen LogP) is 3.70. The number of carbonyl (C=O) groups excluding carboxylic acids is 1. The van der Waals surface area contributed by atoms with Gasteiger partial charge in [0.2, 0.25) is 0 Å². The number of carbonyl (C=O) groups is 1. The molecule has 1 aliphatic heterocycles. The number of thiocarbonyl (C=S) groups is 1. The molecule has 1 N–H and O–H groups in total. The van der Waals surface area contributed by atoms with Crippen LogP contribution in [-0.4, -0.2) is 10.2 Å². The van der Waals surface area contributed by atoms with Crippen molar-refractivity contribution < 1.29 is 4.79 Å². The highest BCUT2D eigenvalue weighted by molar-refractivity contribution is 9.11. The minimum atomic E-state index is -0.133. The molecule has 0 saturated carbocycles. The van der Waals surface area contributed by atoms with Crippen molar-refractivity contribution >= 4 is 72.1 Å². The number of hydrogen-bond acceptors (Lipinski definition) is 3. The quantitative estimate of drug-likeness (QED) is 0.596. The molecule has 16 heavy (non-hydrogen) atoms. The van der Waals surface area contributed by atoms with Crippen LogP contribution in [0.5, 0.6) is 0 Å². The van der Waals surface area contributed by atoms with Gasteiger partial charge in [0.1, 0.15) is 4.32 Å². The van der Waals surface area contributed by atoms with Crippen molar-refractivity contribution in [2.75, 3.05) is 0 Å². The molecule has 1 aliphatic rings. The second-order valence-corrected chi connectivity index (χ2v) is 6.61. The first-order valence-electron chi connectivity index (χ1n) is 4.25. The first kappa shape index (κ1) is 12.3. The molecular weight excluding hydrogens is 374 g/mol. The summed E-state index contributed by atoms with van der Waals surface area (Å²) in [6.45, 7) is 0. The molecule has 0 atom stereocenters. The minimum Gasteiger partial charge on any atom is -0.307 e. The van der Waals surface area contributed by atoms with Crippen LogP contribution in [-0.2, 0) is 4.79 Å². The summed E-state index contributed by atoms with van der Waals surface area (Å²) in [6, 6.07) is 5.81. The van der Waals surface area contributed by atoms with E-state index in [4.69, 9.17) is 12.2 Å². The number of thioether (sulfide) groups is 1. The molecule has 1 aromatic rings. The Hall–Kier alpha value is -0.170. The average Bonchev–Trinajstić information content (AvgIpc) is 2.43. The second kappa shape index (κ2) is 5.00. The van der Waals surface area contributed by atoms with Crippen LogP contribution in [0.15, 0.2) is 32.0 Å². The van der Waals surface area contributed by atoms with E-state index >= 15 is 0 Å². The number of halogens is 2. The van der Waals surface area contributed by atoms with Gasteiger partial charge in [-0.1, -0.05) is 55.8 Å². The molecule has 0 aromatic heterocycles. The summed E-state index contributed by atoms with van der Waals surface area (Å²) >= 11 is 13.0. The van der Waals surface area contributed by atoms with E-state index in [2.05, 4.69) is 37.2 Å². The van der Waals surface area contributed by atoms with Crippen molar-refractivity contribution in [1.29, 1.82) is 0 Å². The Labute approximate surface area is 119 Å². The number of hydrogen-bond donors (Lipinski definition) is 1. The molecule has 1 aromatic carbocycles. The number of benzene rings is 1. The summed E-state index contributed by atoms with van der Waals surface area (Å²) < 4.78 is 2.42. The molecule has 2 rings (SSSR count). The zero-order valence-electron chi connectivity index (χ0n) is 7.79. The lowest BCUT2D eigenvalue weighted by Gasteiger charge is -1.98. The molecule has 0 bridgehead atoms. The van der Waals surface area contributed by atoms with Crippen molar-refractivity contribution in [3.8, 4) is 0 Å². The Bertz CT molecular complexity index is 493. The van der Waals surface area contributed by atoms with E-state index in [-0.39, 0.29) is 5.91 Å². The molecule has 1 fully saturated rings. The van der Waals surface area contributed by atoms with Gasteiger partial charge in [0.15, 0.2) is 0 Å². The van der Waals surface area contributed by atoms with Crippen LogP contribution in [0.3, 0.4) is 0 Å². The molecule has 0 aliphatic carbocycles. The summed E-state index contributed by atoms with van der Waals surface area (Å²) in [5.41, 5.74) is 0.948. The molecule has 1 amide bonds. The first-order chi connectivity index (χ1) is 7.54. The fourth-order valence-corrected chi connectivity index (χ4v) is 3.60. The molecule has 0 unspecified atom stereocenters. The Balaban J connectivity index is 2.36. The normalized spacial score (nSPS) is 18.0. The molecule has 1 saturated heterocycles. The van der Waals surface area contributed by atoms with Gasteiger partial charge in [0.25, 0.3) is 5.91 Å². The fraction of sp³-hybridized carbons (Fsp3) is 0. The van der Waals surface area contributed by atoms with E-state index in [0.717, 1.165) is 14.5 Å². The van der Waals surface area contributed by atoms with Gasteiger partial charge in [0, 0.05) is 8.95 Å². The Kier molecular flexibility index (Phi) is 3.84. The van der Waals surface area contributed by atoms with Crippen LogP contribution in [0.1, 0.15) is 5.56 Å². The highest BCUT2D eigenvalue weighted by atomic mass is 79.9. The van der Waals surface area contributed by atoms with Crippen molar-refractivity contribution in [1.82, 2.24) is 5.32 Å². The van der Waals surface area contributed by atoms with Crippen molar-refractivity contribution in [2.24, 2.45) is 0 Å². The van der Waals surface area contributed by atoms with Gasteiger partial charge >= 0.3 is 0 Å². The lowest BCUT2D eigenvalue weighted by molar-refractivity contribution is -0.115. The monoisotopic (exact) mass is 377 g/mol. The van der Waals surface area contributed by atoms with E-state index in [0.29, 0.717) is 9.23 Å². The van der Waals surface area contributed by atoms with Gasteiger partial charge in [-0.25, -0.2) is 0 Å². The van der Waals surface area contributed by atoms with Crippen LogP contribution < -0.4 is 5.32 Å². The lowest BCUT2D eigenvalue weighted by Crippen LogP contribution is -2.17. The predicted molar refractivity (Wildman–Crippen MR) is 78.2 cm³/mol. The van der Waals surface area contributed by atoms with Crippen molar-refractivity contribution in [2.45, 2.75) is 0 Å². The van der Waals surface area contributed by atoms with Gasteiger partial charge in [-0.05, 0) is 29.8 Å². The summed E-state index contributed by atoms with van der Waals surface area (Å²) in [4.78, 5) is 12.1. The smallest absolute Gasteiger partial charge is 0.263 e. The molecule has 0 spiro atoms. The van der Waals surface area contributed by atoms with E-state index in [1.54, 1.807) is 0 Å². The number of nitrogens with one attached hydrogen (secondary N) is 1. The van der Waals surface area contributed by atoms with Crippen molar-refractivity contribution in [3.63, 3.8) is 0 Å². The van der Waals surface area contributed by atoms with Gasteiger partial charge in [-0.3, -0.25) is 4.79 Å². The lowest BCUT2D eigenvalue weighted by atomic mass is 10.2. The number of amides is 1. The van der Waals surface area contributed by atoms with Crippen LogP contribution in [0.4, 0.5) is 0 Å². The van der Waals surface area contributed by atoms with Crippen LogP contribution in [0, 0.1) is 0 Å². The summed E-state index contributed by atoms with van der Waals surface area (Å²) in [5, 5.41) is 2.58. The SMILES string of the molecule is O=C1NC(=S)SC1=Cc1cc(Br)cc(Br)c1. The zero-order chi connectivity index (χ0) is 11.7. The van der Waals surface area contributed by atoms with Crippen LogP contribution in [0.25, 0.3) is 6.08 Å². The second-order valence-electron chi connectivity index (χ2n) is 3.06. The first-order valence-corrected chi connectivity index (χ1v) is 7.06. The molecule has 2 nitrogen and oxygen atoms in total. The molecule has 1 heterocycles. The van der Waals surface area contributed by atoms with E-state index in [1.165, 1.54) is 11.8 Å². The van der Waals surface area contributed by atoms with Gasteiger partial charge in [0.05, 0.1) is 4.91 Å². The van der Waals surface area contributed by atoms with E-state index in [1.807, 2.05) is 24.3 Å². The third-order valence-corrected chi connectivity index (χ3v) is 3.90. The maximum absolute atomic E-state index is 11.4. The summed E-state index contributed by atoms with van der Waals surface area (Å²) in [5.74, 6) is -0.133.